The fourth-order valence-corrected chi connectivity index (χ4v) is 4.80. The minimum absolute atomic E-state index is 0.204. The van der Waals surface area contributed by atoms with Crippen LogP contribution in [-0.2, 0) is 25.7 Å². The highest BCUT2D eigenvalue weighted by Gasteiger charge is 2.30. The molecule has 3 aromatic rings. The zero-order valence-electron chi connectivity index (χ0n) is 19.3. The molecule has 5 rings (SSSR count). The summed E-state index contributed by atoms with van der Waals surface area (Å²) in [4.78, 5) is 26.8. The number of hydrogen-bond acceptors (Lipinski definition) is 5. The second kappa shape index (κ2) is 9.81. The van der Waals surface area contributed by atoms with Crippen LogP contribution in [-0.4, -0.2) is 32.5 Å². The van der Waals surface area contributed by atoms with Crippen LogP contribution in [0.4, 0.5) is 13.2 Å². The van der Waals surface area contributed by atoms with Gasteiger partial charge in [0.25, 0.3) is 5.56 Å². The van der Waals surface area contributed by atoms with Crippen LogP contribution in [0.1, 0.15) is 54.5 Å². The molecule has 0 unspecified atom stereocenters. The molecule has 0 amide bonds. The Morgan fingerprint density at radius 2 is 1.86 bits per heavy atom. The number of alkyl halides is 3. The Hall–Kier alpha value is -3.20. The first-order chi connectivity index (χ1) is 16.9. The second-order valence-corrected chi connectivity index (χ2v) is 9.22. The van der Waals surface area contributed by atoms with E-state index >= 15 is 0 Å². The number of halogens is 3. The molecule has 1 saturated carbocycles. The van der Waals surface area contributed by atoms with Crippen LogP contribution in [0.25, 0.3) is 11.4 Å². The number of nitrogens with zero attached hydrogens (tertiary/aromatic N) is 3. The third-order valence-corrected chi connectivity index (χ3v) is 6.71. The van der Waals surface area contributed by atoms with Crippen molar-refractivity contribution in [2.24, 2.45) is 0 Å². The van der Waals surface area contributed by atoms with Crippen LogP contribution >= 0.6 is 0 Å². The van der Waals surface area contributed by atoms with Gasteiger partial charge in [0.05, 0.1) is 16.8 Å². The number of hydrogen-bond donors (Lipinski definition) is 1. The van der Waals surface area contributed by atoms with Crippen LogP contribution < -0.4 is 10.3 Å². The maximum Gasteiger partial charge on any atom is 0.416 e. The van der Waals surface area contributed by atoms with Crippen LogP contribution in [0.2, 0.25) is 0 Å². The SMILES string of the molecule is O=c1[nH]c(-c2ccc(C(F)(F)F)cc2)nc2c1CN(Cc1cccnc1OC1CCCCC1)CC2. The van der Waals surface area contributed by atoms with E-state index in [1.165, 1.54) is 31.4 Å². The molecule has 0 saturated heterocycles. The zero-order valence-corrected chi connectivity index (χ0v) is 19.3. The summed E-state index contributed by atoms with van der Waals surface area (Å²) in [6, 6.07) is 8.56. The van der Waals surface area contributed by atoms with Gasteiger partial charge in [-0.05, 0) is 43.9 Å². The van der Waals surface area contributed by atoms with Gasteiger partial charge in [-0.2, -0.15) is 13.2 Å². The Bertz CT molecular complexity index is 1230. The number of aromatic amines is 1. The van der Waals surface area contributed by atoms with Crippen molar-refractivity contribution in [3.8, 4) is 17.3 Å². The van der Waals surface area contributed by atoms with Crippen LogP contribution in [0, 0.1) is 0 Å². The van der Waals surface area contributed by atoms with Gasteiger partial charge in [0.2, 0.25) is 5.88 Å². The molecule has 3 heterocycles. The van der Waals surface area contributed by atoms with Gasteiger partial charge in [-0.3, -0.25) is 9.69 Å². The fourth-order valence-electron chi connectivity index (χ4n) is 4.80. The highest BCUT2D eigenvalue weighted by molar-refractivity contribution is 5.56. The van der Waals surface area contributed by atoms with Gasteiger partial charge < -0.3 is 9.72 Å². The first kappa shape index (κ1) is 23.5. The van der Waals surface area contributed by atoms with E-state index in [-0.39, 0.29) is 17.5 Å². The summed E-state index contributed by atoms with van der Waals surface area (Å²) < 4.78 is 44.8. The Balaban J connectivity index is 1.31. The molecule has 0 radical (unpaired) electrons. The summed E-state index contributed by atoms with van der Waals surface area (Å²) in [5.74, 6) is 0.946. The Morgan fingerprint density at radius 3 is 2.60 bits per heavy atom. The number of H-pyrrole nitrogens is 1. The van der Waals surface area contributed by atoms with Crippen LogP contribution in [0.15, 0.2) is 47.4 Å². The van der Waals surface area contributed by atoms with Crippen molar-refractivity contribution in [2.45, 2.75) is 63.9 Å². The number of benzene rings is 1. The summed E-state index contributed by atoms with van der Waals surface area (Å²) in [6.07, 6.45) is 3.83. The molecule has 1 N–H and O–H groups in total. The third kappa shape index (κ3) is 5.40. The summed E-state index contributed by atoms with van der Waals surface area (Å²) in [7, 11) is 0. The minimum atomic E-state index is -4.41. The van der Waals surface area contributed by atoms with E-state index in [1.54, 1.807) is 6.20 Å². The molecule has 184 valence electrons. The maximum atomic E-state index is 12.9. The van der Waals surface area contributed by atoms with E-state index in [2.05, 4.69) is 19.9 Å². The number of aromatic nitrogens is 3. The summed E-state index contributed by atoms with van der Waals surface area (Å²) in [5.41, 5.74) is 1.71. The molecule has 2 aliphatic rings. The monoisotopic (exact) mass is 484 g/mol. The van der Waals surface area contributed by atoms with E-state index in [9.17, 15) is 18.0 Å². The lowest BCUT2D eigenvalue weighted by molar-refractivity contribution is -0.137. The van der Waals surface area contributed by atoms with Crippen molar-refractivity contribution in [3.05, 3.63) is 75.3 Å². The van der Waals surface area contributed by atoms with E-state index in [0.717, 1.165) is 30.5 Å². The van der Waals surface area contributed by atoms with Crippen molar-refractivity contribution in [1.82, 2.24) is 19.9 Å². The average molecular weight is 485 g/mol. The smallest absolute Gasteiger partial charge is 0.416 e. The molecule has 0 atom stereocenters. The third-order valence-electron chi connectivity index (χ3n) is 6.71. The normalized spacial score (nSPS) is 17.2. The summed E-state index contributed by atoms with van der Waals surface area (Å²) in [6.45, 7) is 1.74. The number of fused-ring (bicyclic) bond motifs is 1. The topological polar surface area (TPSA) is 71.1 Å². The van der Waals surface area contributed by atoms with E-state index in [4.69, 9.17) is 4.74 Å². The van der Waals surface area contributed by atoms with Crippen molar-refractivity contribution >= 4 is 0 Å². The molecule has 0 bridgehead atoms. The molecule has 9 heteroatoms. The molecular formula is C26H27F3N4O2. The molecule has 0 spiro atoms. The van der Waals surface area contributed by atoms with E-state index < -0.39 is 11.7 Å². The Kier molecular flexibility index (Phi) is 6.60. The first-order valence-corrected chi connectivity index (χ1v) is 12.0. The fraction of sp³-hybridized carbons (Fsp3) is 0.423. The minimum Gasteiger partial charge on any atom is -0.474 e. The number of rotatable bonds is 5. The van der Waals surface area contributed by atoms with Crippen molar-refractivity contribution in [1.29, 1.82) is 0 Å². The number of nitrogens with one attached hydrogen (secondary N) is 1. The largest absolute Gasteiger partial charge is 0.474 e. The predicted octanol–water partition coefficient (Wildman–Crippen LogP) is 5.12. The Labute approximate surface area is 201 Å². The van der Waals surface area contributed by atoms with E-state index in [0.29, 0.717) is 48.8 Å². The van der Waals surface area contributed by atoms with Crippen molar-refractivity contribution < 1.29 is 17.9 Å². The van der Waals surface area contributed by atoms with Crippen molar-refractivity contribution in [3.63, 3.8) is 0 Å². The van der Waals surface area contributed by atoms with Crippen LogP contribution in [0.3, 0.4) is 0 Å². The molecule has 1 fully saturated rings. The quantitative estimate of drug-likeness (QED) is 0.544. The average Bonchev–Trinajstić information content (AvgIpc) is 2.86. The molecule has 35 heavy (non-hydrogen) atoms. The first-order valence-electron chi connectivity index (χ1n) is 12.0. The summed E-state index contributed by atoms with van der Waals surface area (Å²) >= 11 is 0. The lowest BCUT2D eigenvalue weighted by Gasteiger charge is -2.29. The standard InChI is InChI=1S/C26H27F3N4O2/c27-26(28,29)19-10-8-17(9-11-19)23-31-22-12-14-33(16-21(22)24(34)32-23)15-18-5-4-13-30-25(18)35-20-6-2-1-3-7-20/h4-5,8-11,13,20H,1-3,6-7,12,14-16H2,(H,31,32,34). The molecule has 2 aromatic heterocycles. The Morgan fingerprint density at radius 1 is 1.09 bits per heavy atom. The van der Waals surface area contributed by atoms with Gasteiger partial charge >= 0.3 is 6.18 Å². The number of pyridine rings is 1. The van der Waals surface area contributed by atoms with Crippen LogP contribution in [0.5, 0.6) is 5.88 Å². The van der Waals surface area contributed by atoms with Gasteiger partial charge in [0.1, 0.15) is 11.9 Å². The second-order valence-electron chi connectivity index (χ2n) is 9.22. The predicted molar refractivity (Wildman–Crippen MR) is 125 cm³/mol. The van der Waals surface area contributed by atoms with Crippen molar-refractivity contribution in [2.75, 3.05) is 6.54 Å². The lowest BCUT2D eigenvalue weighted by atomic mass is 9.98. The number of ether oxygens (including phenoxy) is 1. The van der Waals surface area contributed by atoms with Gasteiger partial charge in [0, 0.05) is 43.4 Å². The lowest BCUT2D eigenvalue weighted by Crippen LogP contribution is -2.35. The highest BCUT2D eigenvalue weighted by atomic mass is 19.4. The molecule has 1 aliphatic carbocycles. The highest BCUT2D eigenvalue weighted by Crippen LogP contribution is 2.31. The maximum absolute atomic E-state index is 12.9. The van der Waals surface area contributed by atoms with E-state index in [1.807, 2.05) is 12.1 Å². The summed E-state index contributed by atoms with van der Waals surface area (Å²) in [5, 5.41) is 0. The molecule has 1 aromatic carbocycles. The van der Waals surface area contributed by atoms with Gasteiger partial charge in [-0.1, -0.05) is 24.6 Å². The van der Waals surface area contributed by atoms with Gasteiger partial charge in [-0.25, -0.2) is 9.97 Å². The van der Waals surface area contributed by atoms with Gasteiger partial charge in [-0.15, -0.1) is 0 Å². The molecule has 1 aliphatic heterocycles. The zero-order chi connectivity index (χ0) is 24.4. The molecular weight excluding hydrogens is 457 g/mol. The van der Waals surface area contributed by atoms with Gasteiger partial charge in [0.15, 0.2) is 0 Å². The molecule has 6 nitrogen and oxygen atoms in total.